The topological polar surface area (TPSA) is 80.9 Å². The number of benzene rings is 2. The van der Waals surface area contributed by atoms with Crippen molar-refractivity contribution in [3.63, 3.8) is 0 Å². The van der Waals surface area contributed by atoms with E-state index in [0.29, 0.717) is 54.5 Å². The Morgan fingerprint density at radius 2 is 2.00 bits per heavy atom. The molecule has 34 heavy (non-hydrogen) atoms. The van der Waals surface area contributed by atoms with Gasteiger partial charge in [-0.2, -0.15) is 4.98 Å². The van der Waals surface area contributed by atoms with Gasteiger partial charge in [0.2, 0.25) is 12.2 Å². The van der Waals surface area contributed by atoms with E-state index in [4.69, 9.17) is 25.6 Å². The number of likely N-dealkylation sites (tertiary alicyclic amines) is 1. The zero-order valence-electron chi connectivity index (χ0n) is 19.1. The summed E-state index contributed by atoms with van der Waals surface area (Å²) in [5, 5.41) is 4.45. The van der Waals surface area contributed by atoms with Crippen LogP contribution in [0.15, 0.2) is 47.3 Å². The Balaban J connectivity index is 1.19. The van der Waals surface area contributed by atoms with Crippen molar-refractivity contribution in [3.05, 3.63) is 58.9 Å². The van der Waals surface area contributed by atoms with Gasteiger partial charge in [-0.3, -0.25) is 9.69 Å². The molecule has 9 heteroatoms. The molecule has 1 aromatic heterocycles. The fraction of sp³-hybridized carbons (Fsp3) is 0.400. The van der Waals surface area contributed by atoms with Crippen LogP contribution < -0.4 is 9.47 Å². The van der Waals surface area contributed by atoms with Gasteiger partial charge >= 0.3 is 0 Å². The van der Waals surface area contributed by atoms with Crippen molar-refractivity contribution < 1.29 is 18.8 Å². The van der Waals surface area contributed by atoms with E-state index in [9.17, 15) is 4.79 Å². The van der Waals surface area contributed by atoms with Gasteiger partial charge in [-0.1, -0.05) is 28.9 Å². The van der Waals surface area contributed by atoms with Crippen LogP contribution in [0.2, 0.25) is 5.02 Å². The third-order valence-corrected chi connectivity index (χ3v) is 6.68. The monoisotopic (exact) mass is 482 g/mol. The Bertz CT molecular complexity index is 1150. The van der Waals surface area contributed by atoms with E-state index in [0.717, 1.165) is 42.7 Å². The number of rotatable bonds is 5. The molecule has 0 N–H and O–H groups in total. The van der Waals surface area contributed by atoms with Gasteiger partial charge in [0.15, 0.2) is 11.5 Å². The number of ether oxygens (including phenoxy) is 2. The van der Waals surface area contributed by atoms with Crippen LogP contribution in [0.25, 0.3) is 11.4 Å². The van der Waals surface area contributed by atoms with Crippen LogP contribution >= 0.6 is 11.6 Å². The number of carbonyl (C=O) groups excluding carboxylic acids is 1. The van der Waals surface area contributed by atoms with Gasteiger partial charge in [0.1, 0.15) is 0 Å². The maximum Gasteiger partial charge on any atom is 0.253 e. The summed E-state index contributed by atoms with van der Waals surface area (Å²) < 4.78 is 16.4. The van der Waals surface area contributed by atoms with Crippen LogP contribution in [0, 0.1) is 0 Å². The second-order valence-electron chi connectivity index (χ2n) is 8.73. The summed E-state index contributed by atoms with van der Waals surface area (Å²) in [5.74, 6) is 1.86. The largest absolute Gasteiger partial charge is 0.489 e. The molecule has 2 aromatic carbocycles. The van der Waals surface area contributed by atoms with E-state index in [-0.39, 0.29) is 5.91 Å². The van der Waals surface area contributed by atoms with E-state index in [1.807, 2.05) is 41.3 Å². The first-order valence-electron chi connectivity index (χ1n) is 11.5. The molecule has 0 bridgehead atoms. The maximum atomic E-state index is 13.1. The number of nitrogens with zero attached hydrogens (tertiary/aromatic N) is 4. The predicted molar refractivity (Wildman–Crippen MR) is 127 cm³/mol. The summed E-state index contributed by atoms with van der Waals surface area (Å²) in [4.78, 5) is 21.4. The second-order valence-corrected chi connectivity index (χ2v) is 9.14. The van der Waals surface area contributed by atoms with Gasteiger partial charge in [-0.25, -0.2) is 0 Å². The average molecular weight is 483 g/mol. The minimum Gasteiger partial charge on any atom is -0.489 e. The zero-order chi connectivity index (χ0) is 23.5. The van der Waals surface area contributed by atoms with Gasteiger partial charge in [0.25, 0.3) is 5.91 Å². The van der Waals surface area contributed by atoms with Gasteiger partial charge in [-0.05, 0) is 49.7 Å². The molecule has 0 unspecified atom stereocenters. The highest BCUT2D eigenvalue weighted by atomic mass is 35.5. The molecular formula is C25H27ClN4O4. The SMILES string of the molecule is CN(Cc1cc(Cl)c2c(c1)OCCCO2)C1CCN(C(=O)c2cccc(-c3ncon3)c2)CC1. The summed E-state index contributed by atoms with van der Waals surface area (Å²) in [7, 11) is 2.12. The number of hydrogen-bond acceptors (Lipinski definition) is 7. The van der Waals surface area contributed by atoms with Gasteiger partial charge in [-0.15, -0.1) is 0 Å². The second kappa shape index (κ2) is 10.0. The smallest absolute Gasteiger partial charge is 0.253 e. The lowest BCUT2D eigenvalue weighted by Gasteiger charge is -2.37. The number of carbonyl (C=O) groups is 1. The zero-order valence-corrected chi connectivity index (χ0v) is 19.8. The van der Waals surface area contributed by atoms with Gasteiger partial charge in [0, 0.05) is 43.2 Å². The van der Waals surface area contributed by atoms with Crippen molar-refractivity contribution in [2.75, 3.05) is 33.4 Å². The standard InChI is InChI=1S/C25H27ClN4O4/c1-29(15-17-12-21(26)23-22(13-17)32-10-3-11-33-23)20-6-8-30(9-7-20)25(31)19-5-2-4-18(14-19)24-27-16-34-28-24/h2,4-5,12-14,16,20H,3,6-11,15H2,1H3. The lowest BCUT2D eigenvalue weighted by atomic mass is 10.0. The maximum absolute atomic E-state index is 13.1. The average Bonchev–Trinajstić information content (AvgIpc) is 3.30. The fourth-order valence-corrected chi connectivity index (χ4v) is 4.86. The minimum atomic E-state index is 0.0288. The highest BCUT2D eigenvalue weighted by Gasteiger charge is 2.27. The number of halogens is 1. The van der Waals surface area contributed by atoms with Crippen molar-refractivity contribution in [2.24, 2.45) is 0 Å². The molecule has 1 fully saturated rings. The Hall–Kier alpha value is -3.10. The minimum absolute atomic E-state index is 0.0288. The lowest BCUT2D eigenvalue weighted by Crippen LogP contribution is -2.45. The molecule has 0 radical (unpaired) electrons. The molecule has 2 aliphatic heterocycles. The highest BCUT2D eigenvalue weighted by Crippen LogP contribution is 2.38. The number of aromatic nitrogens is 2. The molecule has 5 rings (SSSR count). The summed E-state index contributed by atoms with van der Waals surface area (Å²) in [5.41, 5.74) is 2.49. The number of hydrogen-bond donors (Lipinski definition) is 0. The van der Waals surface area contributed by atoms with E-state index in [1.165, 1.54) is 6.39 Å². The fourth-order valence-electron chi connectivity index (χ4n) is 4.57. The molecule has 0 atom stereocenters. The third kappa shape index (κ3) is 4.88. The quantitative estimate of drug-likeness (QED) is 0.536. The Labute approximate surface area is 203 Å². The number of amides is 1. The summed E-state index contributed by atoms with van der Waals surface area (Å²) in [6, 6.07) is 11.7. The normalized spacial score (nSPS) is 16.5. The van der Waals surface area contributed by atoms with Crippen molar-refractivity contribution in [2.45, 2.75) is 31.8 Å². The molecular weight excluding hydrogens is 456 g/mol. The Kier molecular flexibility index (Phi) is 6.69. The summed E-state index contributed by atoms with van der Waals surface area (Å²) in [6.07, 6.45) is 3.94. The van der Waals surface area contributed by atoms with Crippen LogP contribution in [0.5, 0.6) is 11.5 Å². The Morgan fingerprint density at radius 3 is 2.79 bits per heavy atom. The predicted octanol–water partition coefficient (Wildman–Crippen LogP) is 4.29. The van der Waals surface area contributed by atoms with Crippen LogP contribution in [-0.2, 0) is 6.54 Å². The molecule has 178 valence electrons. The molecule has 1 amide bonds. The first-order valence-corrected chi connectivity index (χ1v) is 11.9. The summed E-state index contributed by atoms with van der Waals surface area (Å²) >= 11 is 6.46. The number of piperidine rings is 1. The molecule has 0 saturated carbocycles. The molecule has 3 aromatic rings. The number of fused-ring (bicyclic) bond motifs is 1. The first-order chi connectivity index (χ1) is 16.6. The molecule has 2 aliphatic rings. The van der Waals surface area contributed by atoms with E-state index in [1.54, 1.807) is 0 Å². The highest BCUT2D eigenvalue weighted by molar-refractivity contribution is 6.32. The molecule has 0 spiro atoms. The molecule has 3 heterocycles. The van der Waals surface area contributed by atoms with Crippen LogP contribution in [0.1, 0.15) is 35.2 Å². The molecule has 0 aliphatic carbocycles. The van der Waals surface area contributed by atoms with Crippen LogP contribution in [0.4, 0.5) is 0 Å². The van der Waals surface area contributed by atoms with Crippen molar-refractivity contribution in [3.8, 4) is 22.9 Å². The van der Waals surface area contributed by atoms with E-state index in [2.05, 4.69) is 22.1 Å². The van der Waals surface area contributed by atoms with Gasteiger partial charge < -0.3 is 18.9 Å². The molecule has 8 nitrogen and oxygen atoms in total. The van der Waals surface area contributed by atoms with E-state index >= 15 is 0 Å². The third-order valence-electron chi connectivity index (χ3n) is 6.40. The van der Waals surface area contributed by atoms with Crippen molar-refractivity contribution in [1.82, 2.24) is 19.9 Å². The van der Waals surface area contributed by atoms with Gasteiger partial charge in [0.05, 0.1) is 18.2 Å². The molecule has 1 saturated heterocycles. The lowest BCUT2D eigenvalue weighted by molar-refractivity contribution is 0.0639. The first kappa shape index (κ1) is 22.7. The van der Waals surface area contributed by atoms with Crippen LogP contribution in [0.3, 0.4) is 0 Å². The van der Waals surface area contributed by atoms with Crippen molar-refractivity contribution >= 4 is 17.5 Å². The van der Waals surface area contributed by atoms with E-state index < -0.39 is 0 Å². The Morgan fingerprint density at radius 1 is 1.18 bits per heavy atom. The van der Waals surface area contributed by atoms with Crippen molar-refractivity contribution in [1.29, 1.82) is 0 Å². The van der Waals surface area contributed by atoms with Crippen LogP contribution in [-0.4, -0.2) is 65.2 Å². The summed E-state index contributed by atoms with van der Waals surface area (Å²) in [6.45, 7) is 3.42.